The maximum absolute atomic E-state index is 12.5. The molecule has 0 aromatic heterocycles. The van der Waals surface area contributed by atoms with Gasteiger partial charge in [0.1, 0.15) is 0 Å². The fourth-order valence-electron chi connectivity index (χ4n) is 2.62. The molecule has 2 rings (SSSR count). The van der Waals surface area contributed by atoms with Crippen LogP contribution in [0.3, 0.4) is 0 Å². The summed E-state index contributed by atoms with van der Waals surface area (Å²) in [5, 5.41) is 3.00. The molecule has 0 heterocycles. The van der Waals surface area contributed by atoms with Crippen LogP contribution in [0.15, 0.2) is 58.4 Å². The second kappa shape index (κ2) is 8.57. The monoisotopic (exact) mass is 387 g/mol. The zero-order valence-electron chi connectivity index (χ0n) is 16.5. The molecule has 0 aliphatic rings. The van der Waals surface area contributed by atoms with Crippen molar-refractivity contribution in [3.63, 3.8) is 0 Å². The molecule has 0 radical (unpaired) electrons. The first-order chi connectivity index (χ1) is 12.6. The molecule has 0 saturated heterocycles. The van der Waals surface area contributed by atoms with Crippen molar-refractivity contribution in [1.29, 1.82) is 0 Å². The quantitative estimate of drug-likeness (QED) is 0.584. The van der Waals surface area contributed by atoms with Gasteiger partial charge in [-0.05, 0) is 47.2 Å². The third kappa shape index (κ3) is 6.10. The number of rotatable bonds is 6. The Morgan fingerprint density at radius 3 is 2.37 bits per heavy atom. The molecule has 0 fully saturated rings. The normalized spacial score (nSPS) is 12.8. The van der Waals surface area contributed by atoms with E-state index in [9.17, 15) is 8.42 Å². The Balaban J connectivity index is 1.98. The van der Waals surface area contributed by atoms with Gasteiger partial charge in [0.15, 0.2) is 15.8 Å². The number of benzene rings is 2. The van der Waals surface area contributed by atoms with E-state index in [1.807, 2.05) is 36.4 Å². The van der Waals surface area contributed by atoms with E-state index in [2.05, 4.69) is 38.0 Å². The standard InChI is InChI=1S/C21H29N3O2S/c1-5-16-7-6-8-18(15-16)24-20(22)23-13-14-27(25,26)19-11-9-17(10-12-19)21(2,3)4/h6-12,15H,5,13-14H2,1-4H3,(H3,22,23,24). The van der Waals surface area contributed by atoms with Crippen LogP contribution in [0.2, 0.25) is 0 Å². The molecule has 27 heavy (non-hydrogen) atoms. The van der Waals surface area contributed by atoms with Crippen LogP contribution in [0, 0.1) is 0 Å². The molecular formula is C21H29N3O2S. The average Bonchev–Trinajstić information content (AvgIpc) is 2.61. The summed E-state index contributed by atoms with van der Waals surface area (Å²) in [4.78, 5) is 4.46. The molecule has 0 spiro atoms. The van der Waals surface area contributed by atoms with Crippen LogP contribution < -0.4 is 11.1 Å². The molecule has 0 saturated carbocycles. The van der Waals surface area contributed by atoms with Crippen LogP contribution in [-0.4, -0.2) is 26.7 Å². The lowest BCUT2D eigenvalue weighted by molar-refractivity contribution is 0.586. The van der Waals surface area contributed by atoms with Crippen molar-refractivity contribution in [2.45, 2.75) is 44.4 Å². The molecule has 2 aromatic rings. The molecule has 146 valence electrons. The van der Waals surface area contributed by atoms with Crippen LogP contribution in [0.4, 0.5) is 5.69 Å². The van der Waals surface area contributed by atoms with E-state index in [0.717, 1.165) is 17.7 Å². The van der Waals surface area contributed by atoms with Crippen molar-refractivity contribution in [3.05, 3.63) is 59.7 Å². The van der Waals surface area contributed by atoms with Crippen molar-refractivity contribution >= 4 is 21.5 Å². The number of sulfone groups is 1. The number of hydrogen-bond acceptors (Lipinski definition) is 3. The Bertz CT molecular complexity index is 896. The highest BCUT2D eigenvalue weighted by molar-refractivity contribution is 7.91. The zero-order valence-corrected chi connectivity index (χ0v) is 17.3. The summed E-state index contributed by atoms with van der Waals surface area (Å²) in [5.41, 5.74) is 9.00. The zero-order chi connectivity index (χ0) is 20.1. The van der Waals surface area contributed by atoms with Gasteiger partial charge in [-0.3, -0.25) is 4.99 Å². The molecule has 6 heteroatoms. The van der Waals surface area contributed by atoms with Gasteiger partial charge in [-0.15, -0.1) is 0 Å². The van der Waals surface area contributed by atoms with Crippen LogP contribution in [0.25, 0.3) is 0 Å². The Kier molecular flexibility index (Phi) is 6.65. The summed E-state index contributed by atoms with van der Waals surface area (Å²) < 4.78 is 25.0. The molecule has 0 amide bonds. The largest absolute Gasteiger partial charge is 0.370 e. The van der Waals surface area contributed by atoms with E-state index >= 15 is 0 Å². The van der Waals surface area contributed by atoms with E-state index in [-0.39, 0.29) is 23.7 Å². The molecule has 2 aromatic carbocycles. The molecule has 0 aliphatic carbocycles. The second-order valence-electron chi connectivity index (χ2n) is 7.54. The molecule has 5 nitrogen and oxygen atoms in total. The third-order valence-electron chi connectivity index (χ3n) is 4.33. The van der Waals surface area contributed by atoms with Crippen molar-refractivity contribution in [3.8, 4) is 0 Å². The first-order valence-corrected chi connectivity index (χ1v) is 10.8. The minimum absolute atomic E-state index is 0.0121. The summed E-state index contributed by atoms with van der Waals surface area (Å²) >= 11 is 0. The molecule has 3 N–H and O–H groups in total. The predicted molar refractivity (Wildman–Crippen MR) is 113 cm³/mol. The van der Waals surface area contributed by atoms with Crippen molar-refractivity contribution in [1.82, 2.24) is 0 Å². The highest BCUT2D eigenvalue weighted by Gasteiger charge is 2.17. The number of hydrogen-bond donors (Lipinski definition) is 2. The highest BCUT2D eigenvalue weighted by atomic mass is 32.2. The van der Waals surface area contributed by atoms with Crippen molar-refractivity contribution in [2.24, 2.45) is 10.7 Å². The third-order valence-corrected chi connectivity index (χ3v) is 6.04. The second-order valence-corrected chi connectivity index (χ2v) is 9.65. The molecule has 0 unspecified atom stereocenters. The van der Waals surface area contributed by atoms with Gasteiger partial charge in [0.25, 0.3) is 0 Å². The van der Waals surface area contributed by atoms with Gasteiger partial charge in [0.05, 0.1) is 17.2 Å². The lowest BCUT2D eigenvalue weighted by atomic mass is 9.87. The van der Waals surface area contributed by atoms with E-state index in [1.165, 1.54) is 5.56 Å². The van der Waals surface area contributed by atoms with E-state index in [1.54, 1.807) is 12.1 Å². The molecule has 0 aliphatic heterocycles. The Morgan fingerprint density at radius 1 is 1.11 bits per heavy atom. The minimum Gasteiger partial charge on any atom is -0.370 e. The van der Waals surface area contributed by atoms with Crippen LogP contribution in [-0.2, 0) is 21.7 Å². The Labute approximate surface area is 162 Å². The van der Waals surface area contributed by atoms with Gasteiger partial charge in [-0.25, -0.2) is 8.42 Å². The van der Waals surface area contributed by atoms with E-state index in [0.29, 0.717) is 4.90 Å². The molecule has 0 bridgehead atoms. The van der Waals surface area contributed by atoms with Gasteiger partial charge in [-0.2, -0.15) is 0 Å². The number of aryl methyl sites for hydroxylation is 1. The van der Waals surface area contributed by atoms with Crippen molar-refractivity contribution < 1.29 is 8.42 Å². The summed E-state index contributed by atoms with van der Waals surface area (Å²) in [6.07, 6.45) is 0.929. The highest BCUT2D eigenvalue weighted by Crippen LogP contribution is 2.23. The van der Waals surface area contributed by atoms with E-state index in [4.69, 9.17) is 5.73 Å². The lowest BCUT2D eigenvalue weighted by Crippen LogP contribution is -2.24. The lowest BCUT2D eigenvalue weighted by Gasteiger charge is -2.19. The fourth-order valence-corrected chi connectivity index (χ4v) is 3.74. The minimum atomic E-state index is -3.39. The van der Waals surface area contributed by atoms with E-state index < -0.39 is 9.84 Å². The number of aliphatic imine (C=N–C) groups is 1. The van der Waals surface area contributed by atoms with Gasteiger partial charge >= 0.3 is 0 Å². The maximum atomic E-state index is 12.5. The first-order valence-electron chi connectivity index (χ1n) is 9.11. The number of nitrogens with zero attached hydrogens (tertiary/aromatic N) is 1. The smallest absolute Gasteiger partial charge is 0.193 e. The number of anilines is 1. The van der Waals surface area contributed by atoms with Gasteiger partial charge in [0, 0.05) is 5.69 Å². The maximum Gasteiger partial charge on any atom is 0.193 e. The Morgan fingerprint density at radius 2 is 1.78 bits per heavy atom. The van der Waals surface area contributed by atoms with Crippen molar-refractivity contribution in [2.75, 3.05) is 17.6 Å². The summed E-state index contributed by atoms with van der Waals surface area (Å²) in [6.45, 7) is 8.47. The SMILES string of the molecule is CCc1cccc(NC(N)=NCCS(=O)(=O)c2ccc(C(C)(C)C)cc2)c1. The summed E-state index contributed by atoms with van der Waals surface area (Å²) in [7, 11) is -3.39. The Hall–Kier alpha value is -2.34. The first kappa shape index (κ1) is 21.0. The van der Waals surface area contributed by atoms with Gasteiger partial charge < -0.3 is 11.1 Å². The van der Waals surface area contributed by atoms with Crippen LogP contribution >= 0.6 is 0 Å². The van der Waals surface area contributed by atoms with Gasteiger partial charge in [0.2, 0.25) is 0 Å². The van der Waals surface area contributed by atoms with Gasteiger partial charge in [-0.1, -0.05) is 52.0 Å². The average molecular weight is 388 g/mol. The van der Waals surface area contributed by atoms with Crippen LogP contribution in [0.1, 0.15) is 38.8 Å². The summed E-state index contributed by atoms with van der Waals surface area (Å²) in [5.74, 6) is 0.126. The molecular weight excluding hydrogens is 358 g/mol. The molecule has 0 atom stereocenters. The number of nitrogens with one attached hydrogen (secondary N) is 1. The number of nitrogens with two attached hydrogens (primary N) is 1. The topological polar surface area (TPSA) is 84.5 Å². The summed E-state index contributed by atoms with van der Waals surface area (Å²) in [6, 6.07) is 14.9. The fraction of sp³-hybridized carbons (Fsp3) is 0.381. The predicted octanol–water partition coefficient (Wildman–Crippen LogP) is 3.75. The number of guanidine groups is 1. The van der Waals surface area contributed by atoms with Crippen LogP contribution in [0.5, 0.6) is 0 Å².